The lowest BCUT2D eigenvalue weighted by Crippen LogP contribution is -2.55. The normalized spacial score (nSPS) is 48.5. The minimum absolute atomic E-state index is 0.00134. The van der Waals surface area contributed by atoms with Gasteiger partial charge in [0.15, 0.2) is 0 Å². The predicted molar refractivity (Wildman–Crippen MR) is 116 cm³/mol. The number of carbonyl (C=O) groups is 1. The van der Waals surface area contributed by atoms with E-state index in [9.17, 15) is 4.79 Å². The van der Waals surface area contributed by atoms with Crippen molar-refractivity contribution in [2.75, 3.05) is 6.54 Å². The molecular weight excluding hydrogens is 390 g/mol. The summed E-state index contributed by atoms with van der Waals surface area (Å²) in [7, 11) is 0. The van der Waals surface area contributed by atoms with E-state index in [0.717, 1.165) is 25.1 Å². The van der Waals surface area contributed by atoms with Crippen molar-refractivity contribution in [3.05, 3.63) is 24.2 Å². The van der Waals surface area contributed by atoms with Gasteiger partial charge in [0.25, 0.3) is 0 Å². The summed E-state index contributed by atoms with van der Waals surface area (Å²) in [6.45, 7) is 5.48. The van der Waals surface area contributed by atoms with Gasteiger partial charge in [-0.25, -0.2) is 0 Å². The Morgan fingerprint density at radius 1 is 1.19 bits per heavy atom. The number of rotatable bonds is 5. The first kappa shape index (κ1) is 20.3. The smallest absolute Gasteiger partial charge is 0.311 e. The van der Waals surface area contributed by atoms with Gasteiger partial charge < -0.3 is 19.2 Å². The molecule has 5 fully saturated rings. The van der Waals surface area contributed by atoms with Crippen molar-refractivity contribution in [1.29, 1.82) is 0 Å². The molecule has 0 bridgehead atoms. The Labute approximate surface area is 185 Å². The van der Waals surface area contributed by atoms with E-state index < -0.39 is 0 Å². The van der Waals surface area contributed by atoms with Crippen LogP contribution in [-0.4, -0.2) is 36.4 Å². The highest BCUT2D eigenvalue weighted by molar-refractivity contribution is 5.76. The van der Waals surface area contributed by atoms with Crippen LogP contribution in [0.15, 0.2) is 22.8 Å². The molecule has 31 heavy (non-hydrogen) atoms. The molecule has 3 heterocycles. The number of epoxide rings is 1. The second-order valence-electron chi connectivity index (χ2n) is 11.4. The number of hydrogen-bond acceptors (Lipinski definition) is 5. The first-order chi connectivity index (χ1) is 15.0. The molecule has 170 valence electrons. The second-order valence-corrected chi connectivity index (χ2v) is 11.4. The van der Waals surface area contributed by atoms with E-state index in [-0.39, 0.29) is 41.0 Å². The standard InChI is InChI=1S/C26H37NO4/c1-16-7-5-11-25(2)14-21-22(23-26(16,25)31-23)19(24(28)30-21)15-27-20-10-4-3-8-17(20)13-18-9-6-12-29-18/h6,9,12,16-17,19-23,27H,3-5,7-8,10-11,13-15H2,1-2H3. The largest absolute Gasteiger partial charge is 0.469 e. The van der Waals surface area contributed by atoms with Crippen molar-refractivity contribution in [3.8, 4) is 0 Å². The van der Waals surface area contributed by atoms with Crippen LogP contribution >= 0.6 is 0 Å². The van der Waals surface area contributed by atoms with Crippen molar-refractivity contribution in [3.63, 3.8) is 0 Å². The third-order valence-electron chi connectivity index (χ3n) is 9.75. The zero-order chi connectivity index (χ0) is 21.2. The summed E-state index contributed by atoms with van der Waals surface area (Å²) in [6.07, 6.45) is 12.6. The van der Waals surface area contributed by atoms with Gasteiger partial charge in [0, 0.05) is 30.3 Å². The Morgan fingerprint density at radius 2 is 2.06 bits per heavy atom. The van der Waals surface area contributed by atoms with Gasteiger partial charge >= 0.3 is 5.97 Å². The quantitative estimate of drug-likeness (QED) is 0.554. The topological polar surface area (TPSA) is 64.0 Å². The number of nitrogens with one attached hydrogen (secondary N) is 1. The van der Waals surface area contributed by atoms with E-state index in [1.54, 1.807) is 6.26 Å². The molecule has 2 saturated heterocycles. The summed E-state index contributed by atoms with van der Waals surface area (Å²) in [6, 6.07) is 4.50. The third-order valence-corrected chi connectivity index (χ3v) is 9.75. The molecular formula is C26H37NO4. The van der Waals surface area contributed by atoms with Crippen LogP contribution in [0.2, 0.25) is 0 Å². The molecule has 2 aliphatic heterocycles. The van der Waals surface area contributed by atoms with Crippen molar-refractivity contribution in [1.82, 2.24) is 5.32 Å². The van der Waals surface area contributed by atoms with Crippen LogP contribution in [0.25, 0.3) is 0 Å². The van der Waals surface area contributed by atoms with Crippen molar-refractivity contribution < 1.29 is 18.7 Å². The first-order valence-electron chi connectivity index (χ1n) is 12.7. The fourth-order valence-corrected chi connectivity index (χ4v) is 8.15. The monoisotopic (exact) mass is 427 g/mol. The highest BCUT2D eigenvalue weighted by atomic mass is 16.6. The van der Waals surface area contributed by atoms with Gasteiger partial charge in [-0.15, -0.1) is 0 Å². The Kier molecular flexibility index (Phi) is 4.81. The first-order valence-corrected chi connectivity index (χ1v) is 12.7. The maximum atomic E-state index is 13.0. The van der Waals surface area contributed by atoms with E-state index >= 15 is 0 Å². The molecule has 5 heteroatoms. The van der Waals surface area contributed by atoms with Crippen LogP contribution in [0.4, 0.5) is 0 Å². The number of hydrogen-bond donors (Lipinski definition) is 1. The Hall–Kier alpha value is -1.33. The minimum atomic E-state index is -0.0701. The SMILES string of the molecule is CC1CCCC2(C)CC3OC(=O)C(CNC4CCCCC4Cc4ccco4)C3C3OC132. The van der Waals surface area contributed by atoms with Gasteiger partial charge in [0.05, 0.1) is 18.3 Å². The van der Waals surface area contributed by atoms with Gasteiger partial charge in [-0.1, -0.05) is 33.1 Å². The van der Waals surface area contributed by atoms with Gasteiger partial charge in [-0.2, -0.15) is 0 Å². The van der Waals surface area contributed by atoms with Gasteiger partial charge in [-0.3, -0.25) is 4.79 Å². The molecule has 9 unspecified atom stereocenters. The molecule has 1 aromatic rings. The summed E-state index contributed by atoms with van der Waals surface area (Å²) in [5, 5.41) is 3.82. The highest BCUT2D eigenvalue weighted by Gasteiger charge is 2.78. The predicted octanol–water partition coefficient (Wildman–Crippen LogP) is 4.50. The molecule has 0 radical (unpaired) electrons. The van der Waals surface area contributed by atoms with E-state index in [0.29, 0.717) is 17.9 Å². The van der Waals surface area contributed by atoms with E-state index in [4.69, 9.17) is 13.9 Å². The van der Waals surface area contributed by atoms with Crippen LogP contribution in [0.1, 0.15) is 71.0 Å². The van der Waals surface area contributed by atoms with E-state index in [2.05, 4.69) is 25.2 Å². The van der Waals surface area contributed by atoms with Crippen LogP contribution in [-0.2, 0) is 20.7 Å². The number of furan rings is 1. The fourth-order valence-electron chi connectivity index (χ4n) is 8.15. The lowest BCUT2D eigenvalue weighted by molar-refractivity contribution is -0.146. The summed E-state index contributed by atoms with van der Waals surface area (Å²) >= 11 is 0. The molecule has 6 rings (SSSR count). The zero-order valence-corrected chi connectivity index (χ0v) is 19.0. The van der Waals surface area contributed by atoms with Crippen LogP contribution in [0, 0.1) is 29.1 Å². The molecule has 3 saturated carbocycles. The Morgan fingerprint density at radius 3 is 2.90 bits per heavy atom. The summed E-state index contributed by atoms with van der Waals surface area (Å²) < 4.78 is 18.2. The molecule has 5 nitrogen and oxygen atoms in total. The average Bonchev–Trinajstić information content (AvgIpc) is 3.15. The molecule has 3 aliphatic carbocycles. The van der Waals surface area contributed by atoms with Crippen molar-refractivity contribution in [2.45, 2.75) is 95.5 Å². The van der Waals surface area contributed by atoms with Crippen LogP contribution in [0.5, 0.6) is 0 Å². The average molecular weight is 428 g/mol. The zero-order valence-electron chi connectivity index (χ0n) is 19.0. The fraction of sp³-hybridized carbons (Fsp3) is 0.808. The van der Waals surface area contributed by atoms with Gasteiger partial charge in [0.1, 0.15) is 17.5 Å². The Balaban J connectivity index is 1.16. The molecule has 1 N–H and O–H groups in total. The molecule has 5 aliphatic rings. The minimum Gasteiger partial charge on any atom is -0.469 e. The van der Waals surface area contributed by atoms with Crippen molar-refractivity contribution >= 4 is 5.97 Å². The molecule has 0 aromatic carbocycles. The number of fused-ring (bicyclic) bond motifs is 2. The molecule has 1 aromatic heterocycles. The summed E-state index contributed by atoms with van der Waals surface area (Å²) in [4.78, 5) is 13.0. The number of esters is 1. The number of ether oxygens (including phenoxy) is 2. The Bertz CT molecular complexity index is 823. The molecule has 0 amide bonds. The second kappa shape index (κ2) is 7.34. The van der Waals surface area contributed by atoms with Gasteiger partial charge in [-0.05, 0) is 56.1 Å². The van der Waals surface area contributed by atoms with Crippen LogP contribution < -0.4 is 5.32 Å². The maximum Gasteiger partial charge on any atom is 0.311 e. The van der Waals surface area contributed by atoms with E-state index in [1.807, 2.05) is 6.07 Å². The lowest BCUT2D eigenvalue weighted by atomic mass is 9.53. The maximum absolute atomic E-state index is 13.0. The summed E-state index contributed by atoms with van der Waals surface area (Å²) in [5.41, 5.74) is 0.155. The molecule has 1 spiro atoms. The van der Waals surface area contributed by atoms with Crippen LogP contribution in [0.3, 0.4) is 0 Å². The van der Waals surface area contributed by atoms with Crippen molar-refractivity contribution in [2.24, 2.45) is 29.1 Å². The number of carbonyl (C=O) groups excluding carboxylic acids is 1. The van der Waals surface area contributed by atoms with E-state index in [1.165, 1.54) is 44.9 Å². The highest BCUT2D eigenvalue weighted by Crippen LogP contribution is 2.70. The third kappa shape index (κ3) is 3.06. The summed E-state index contributed by atoms with van der Waals surface area (Å²) in [5.74, 6) is 2.38. The lowest BCUT2D eigenvalue weighted by Gasteiger charge is -2.49. The van der Waals surface area contributed by atoms with Gasteiger partial charge in [0.2, 0.25) is 0 Å². The molecule has 9 atom stereocenters.